The molecule has 3 nitrogen and oxygen atoms in total. The Hall–Kier alpha value is -1.56. The molecule has 20 heavy (non-hydrogen) atoms. The van der Waals surface area contributed by atoms with E-state index < -0.39 is 17.3 Å². The summed E-state index contributed by atoms with van der Waals surface area (Å²) in [5.74, 6) is 0. The summed E-state index contributed by atoms with van der Waals surface area (Å²) in [6.45, 7) is 2.22. The van der Waals surface area contributed by atoms with Gasteiger partial charge in [-0.2, -0.15) is 13.2 Å². The molecule has 0 aliphatic carbocycles. The molecule has 1 aromatic rings. The van der Waals surface area contributed by atoms with Crippen LogP contribution in [0.2, 0.25) is 0 Å². The van der Waals surface area contributed by atoms with Crippen LogP contribution in [-0.2, 0) is 6.18 Å². The number of carbonyl (C=O) groups excluding carboxylic acids is 1. The van der Waals surface area contributed by atoms with Gasteiger partial charge in [0.2, 0.25) is 0 Å². The van der Waals surface area contributed by atoms with Crippen molar-refractivity contribution in [3.8, 4) is 0 Å². The third-order valence-electron chi connectivity index (χ3n) is 3.48. The first-order valence-electron chi connectivity index (χ1n) is 6.37. The smallest absolute Gasteiger partial charge is 0.388 e. The molecule has 1 N–H and O–H groups in total. The molecule has 1 atom stereocenters. The lowest BCUT2D eigenvalue weighted by Crippen LogP contribution is -2.46. The second-order valence-electron chi connectivity index (χ2n) is 5.41. The van der Waals surface area contributed by atoms with Gasteiger partial charge in [0.15, 0.2) is 0 Å². The van der Waals surface area contributed by atoms with Gasteiger partial charge in [0.25, 0.3) is 0 Å². The van der Waals surface area contributed by atoms with Crippen molar-refractivity contribution in [2.24, 2.45) is 0 Å². The number of aliphatic hydroxyl groups is 1. The lowest BCUT2D eigenvalue weighted by atomic mass is 9.94. The normalized spacial score (nSPS) is 23.8. The van der Waals surface area contributed by atoms with Gasteiger partial charge in [-0.15, -0.1) is 0 Å². The van der Waals surface area contributed by atoms with Crippen LogP contribution in [0.3, 0.4) is 0 Å². The maximum absolute atomic E-state index is 13.1. The fraction of sp³-hybridized carbons (Fsp3) is 0.500. The van der Waals surface area contributed by atoms with Gasteiger partial charge in [0, 0.05) is 24.3 Å². The maximum Gasteiger partial charge on any atom is 0.418 e. The number of hydrogen-bond acceptors (Lipinski definition) is 3. The maximum atomic E-state index is 13.1. The van der Waals surface area contributed by atoms with Crippen molar-refractivity contribution < 1.29 is 23.1 Å². The van der Waals surface area contributed by atoms with Crippen LogP contribution >= 0.6 is 0 Å². The number of hydrogen-bond donors (Lipinski definition) is 1. The van der Waals surface area contributed by atoms with Crippen LogP contribution in [-0.4, -0.2) is 30.1 Å². The fourth-order valence-electron chi connectivity index (χ4n) is 2.56. The summed E-state index contributed by atoms with van der Waals surface area (Å²) in [4.78, 5) is 12.2. The average Bonchev–Trinajstić information content (AvgIpc) is 2.35. The second-order valence-corrected chi connectivity index (χ2v) is 5.41. The van der Waals surface area contributed by atoms with Gasteiger partial charge >= 0.3 is 6.18 Å². The average molecular weight is 287 g/mol. The molecule has 0 bridgehead atoms. The second kappa shape index (κ2) is 5.09. The Labute approximate surface area is 115 Å². The topological polar surface area (TPSA) is 40.5 Å². The van der Waals surface area contributed by atoms with Crippen LogP contribution in [0, 0.1) is 0 Å². The van der Waals surface area contributed by atoms with Crippen molar-refractivity contribution in [2.45, 2.75) is 31.5 Å². The van der Waals surface area contributed by atoms with Gasteiger partial charge in [-0.05, 0) is 38.0 Å². The van der Waals surface area contributed by atoms with Gasteiger partial charge in [-0.3, -0.25) is 4.79 Å². The molecule has 1 aliphatic heterocycles. The highest BCUT2D eigenvalue weighted by molar-refractivity contribution is 5.77. The molecule has 110 valence electrons. The van der Waals surface area contributed by atoms with E-state index in [4.69, 9.17) is 0 Å². The van der Waals surface area contributed by atoms with E-state index in [0.717, 1.165) is 6.07 Å². The standard InChI is InChI=1S/C14H16F3NO2/c1-13(20)5-2-6-18(9-13)12-4-3-10(8-19)7-11(12)14(15,16)17/h3-4,7-8,20H,2,5-6,9H2,1H3. The molecule has 1 fully saturated rings. The molecule has 1 heterocycles. The minimum atomic E-state index is -4.53. The Morgan fingerprint density at radius 3 is 2.65 bits per heavy atom. The van der Waals surface area contributed by atoms with E-state index >= 15 is 0 Å². The molecule has 2 rings (SSSR count). The zero-order valence-corrected chi connectivity index (χ0v) is 11.1. The van der Waals surface area contributed by atoms with Crippen LogP contribution in [0.1, 0.15) is 35.7 Å². The van der Waals surface area contributed by atoms with E-state index in [-0.39, 0.29) is 17.8 Å². The fourth-order valence-corrected chi connectivity index (χ4v) is 2.56. The van der Waals surface area contributed by atoms with Crippen molar-refractivity contribution in [3.63, 3.8) is 0 Å². The lowest BCUT2D eigenvalue weighted by molar-refractivity contribution is -0.137. The van der Waals surface area contributed by atoms with Crippen LogP contribution in [0.25, 0.3) is 0 Å². The largest absolute Gasteiger partial charge is 0.418 e. The summed E-state index contributed by atoms with van der Waals surface area (Å²) in [5, 5.41) is 10.0. The number of nitrogens with zero attached hydrogens (tertiary/aromatic N) is 1. The first kappa shape index (κ1) is 14.8. The number of halogens is 3. The molecule has 1 unspecified atom stereocenters. The predicted molar refractivity (Wildman–Crippen MR) is 68.9 cm³/mol. The Morgan fingerprint density at radius 1 is 1.40 bits per heavy atom. The van der Waals surface area contributed by atoms with Crippen LogP contribution in [0.5, 0.6) is 0 Å². The molecule has 0 spiro atoms. The van der Waals surface area contributed by atoms with E-state index in [1.165, 1.54) is 17.0 Å². The predicted octanol–water partition coefficient (Wildman–Crippen LogP) is 2.87. The van der Waals surface area contributed by atoms with Gasteiger partial charge in [0.05, 0.1) is 11.2 Å². The molecule has 0 saturated carbocycles. The molecule has 1 saturated heterocycles. The summed E-state index contributed by atoms with van der Waals surface area (Å²) >= 11 is 0. The molecule has 1 aliphatic rings. The third-order valence-corrected chi connectivity index (χ3v) is 3.48. The van der Waals surface area contributed by atoms with E-state index in [1.807, 2.05) is 0 Å². The van der Waals surface area contributed by atoms with E-state index in [9.17, 15) is 23.1 Å². The highest BCUT2D eigenvalue weighted by atomic mass is 19.4. The number of rotatable bonds is 2. The molecular formula is C14H16F3NO2. The van der Waals surface area contributed by atoms with Gasteiger partial charge in [-0.1, -0.05) is 0 Å². The van der Waals surface area contributed by atoms with Crippen molar-refractivity contribution in [1.29, 1.82) is 0 Å². The van der Waals surface area contributed by atoms with Crippen LogP contribution in [0.4, 0.5) is 18.9 Å². The number of benzene rings is 1. The van der Waals surface area contributed by atoms with Crippen LogP contribution < -0.4 is 4.90 Å². The van der Waals surface area contributed by atoms with E-state index in [0.29, 0.717) is 25.7 Å². The van der Waals surface area contributed by atoms with Crippen molar-refractivity contribution in [1.82, 2.24) is 0 Å². The first-order valence-corrected chi connectivity index (χ1v) is 6.37. The van der Waals surface area contributed by atoms with Crippen LogP contribution in [0.15, 0.2) is 18.2 Å². The Bertz CT molecular complexity index is 512. The summed E-state index contributed by atoms with van der Waals surface area (Å²) in [6.07, 6.45) is -2.94. The SMILES string of the molecule is CC1(O)CCCN(c2ccc(C=O)cc2C(F)(F)F)C1. The number of alkyl halides is 3. The lowest BCUT2D eigenvalue weighted by Gasteiger charge is -2.39. The Kier molecular flexibility index (Phi) is 3.77. The monoisotopic (exact) mass is 287 g/mol. The van der Waals surface area contributed by atoms with Crippen molar-refractivity contribution >= 4 is 12.0 Å². The summed E-state index contributed by atoms with van der Waals surface area (Å²) in [5.41, 5.74) is -1.82. The van der Waals surface area contributed by atoms with Crippen molar-refractivity contribution in [3.05, 3.63) is 29.3 Å². The zero-order valence-electron chi connectivity index (χ0n) is 11.1. The molecule has 0 amide bonds. The molecule has 1 aromatic carbocycles. The summed E-state index contributed by atoms with van der Waals surface area (Å²) < 4.78 is 39.3. The highest BCUT2D eigenvalue weighted by Gasteiger charge is 2.37. The van der Waals surface area contributed by atoms with Gasteiger partial charge < -0.3 is 10.0 Å². The minimum Gasteiger partial charge on any atom is -0.388 e. The zero-order chi connectivity index (χ0) is 15.0. The van der Waals surface area contributed by atoms with E-state index in [1.54, 1.807) is 6.92 Å². The van der Waals surface area contributed by atoms with Gasteiger partial charge in [0.1, 0.15) is 6.29 Å². The third kappa shape index (κ3) is 3.12. The summed E-state index contributed by atoms with van der Waals surface area (Å²) in [6, 6.07) is 3.51. The number of β-amino-alcohol motifs (C(OH)–C–C–N with tert-alkyl or cyclic N) is 1. The van der Waals surface area contributed by atoms with Gasteiger partial charge in [-0.25, -0.2) is 0 Å². The molecule has 0 radical (unpaired) electrons. The Balaban J connectivity index is 2.43. The number of piperidine rings is 1. The molecular weight excluding hydrogens is 271 g/mol. The number of anilines is 1. The van der Waals surface area contributed by atoms with Crippen molar-refractivity contribution in [2.75, 3.05) is 18.0 Å². The minimum absolute atomic E-state index is 0.00940. The Morgan fingerprint density at radius 2 is 2.10 bits per heavy atom. The number of carbonyl (C=O) groups is 1. The molecule has 6 heteroatoms. The first-order chi connectivity index (χ1) is 9.23. The molecule has 0 aromatic heterocycles. The summed E-state index contributed by atoms with van der Waals surface area (Å²) in [7, 11) is 0. The van der Waals surface area contributed by atoms with E-state index in [2.05, 4.69) is 0 Å². The quantitative estimate of drug-likeness (QED) is 0.850. The number of aldehydes is 1. The highest BCUT2D eigenvalue weighted by Crippen LogP contribution is 2.38.